The molecule has 0 bridgehead atoms. The predicted octanol–water partition coefficient (Wildman–Crippen LogP) is 2.92. The highest BCUT2D eigenvalue weighted by Gasteiger charge is 2.15. The van der Waals surface area contributed by atoms with Gasteiger partial charge in [-0.15, -0.1) is 0 Å². The molecular formula is C10H6ClFN4O2. The second kappa shape index (κ2) is 4.92. The maximum absolute atomic E-state index is 13.1. The van der Waals surface area contributed by atoms with Gasteiger partial charge in [0.05, 0.1) is 17.3 Å². The van der Waals surface area contributed by atoms with E-state index < -0.39 is 10.7 Å². The van der Waals surface area contributed by atoms with E-state index in [-0.39, 0.29) is 22.3 Å². The van der Waals surface area contributed by atoms with Crippen LogP contribution in [0.4, 0.5) is 21.6 Å². The monoisotopic (exact) mass is 268 g/mol. The zero-order valence-corrected chi connectivity index (χ0v) is 9.56. The van der Waals surface area contributed by atoms with Crippen LogP contribution in [0.1, 0.15) is 0 Å². The molecular weight excluding hydrogens is 263 g/mol. The van der Waals surface area contributed by atoms with Crippen molar-refractivity contribution in [1.82, 2.24) is 9.97 Å². The minimum Gasteiger partial charge on any atom is -0.333 e. The van der Waals surface area contributed by atoms with E-state index in [9.17, 15) is 14.5 Å². The maximum Gasteiger partial charge on any atom is 0.292 e. The summed E-state index contributed by atoms with van der Waals surface area (Å²) < 4.78 is 13.1. The molecule has 0 aliphatic rings. The van der Waals surface area contributed by atoms with Crippen LogP contribution < -0.4 is 5.32 Å². The summed E-state index contributed by atoms with van der Waals surface area (Å²) in [6.45, 7) is 0. The Morgan fingerprint density at radius 3 is 2.83 bits per heavy atom. The summed E-state index contributed by atoms with van der Waals surface area (Å²) in [5.41, 5.74) is -0.283. The summed E-state index contributed by atoms with van der Waals surface area (Å²) in [6, 6.07) is 3.07. The fourth-order valence-corrected chi connectivity index (χ4v) is 1.46. The van der Waals surface area contributed by atoms with Gasteiger partial charge in [0.1, 0.15) is 16.7 Å². The molecule has 0 radical (unpaired) electrons. The highest BCUT2D eigenvalue weighted by atomic mass is 35.5. The number of nitrogens with one attached hydrogen (secondary N) is 1. The van der Waals surface area contributed by atoms with Gasteiger partial charge in [0, 0.05) is 12.1 Å². The number of hydrogen-bond acceptors (Lipinski definition) is 5. The van der Waals surface area contributed by atoms with Crippen molar-refractivity contribution in [3.63, 3.8) is 0 Å². The summed E-state index contributed by atoms with van der Waals surface area (Å²) in [4.78, 5) is 17.7. The van der Waals surface area contributed by atoms with Gasteiger partial charge in [-0.05, 0) is 6.07 Å². The van der Waals surface area contributed by atoms with Crippen LogP contribution >= 0.6 is 11.6 Å². The third kappa shape index (κ3) is 2.69. The number of nitrogens with zero attached hydrogens (tertiary/aromatic N) is 3. The number of aromatic nitrogens is 2. The lowest BCUT2D eigenvalue weighted by Gasteiger charge is -2.06. The van der Waals surface area contributed by atoms with Crippen LogP contribution in [0.25, 0.3) is 0 Å². The van der Waals surface area contributed by atoms with Gasteiger partial charge in [0.15, 0.2) is 5.82 Å². The molecule has 0 spiro atoms. The van der Waals surface area contributed by atoms with Crippen molar-refractivity contribution in [2.75, 3.05) is 5.32 Å². The zero-order chi connectivity index (χ0) is 13.1. The Bertz CT molecular complexity index is 608. The first-order valence-electron chi connectivity index (χ1n) is 4.75. The third-order valence-electron chi connectivity index (χ3n) is 2.02. The molecule has 92 valence electrons. The Morgan fingerprint density at radius 2 is 2.17 bits per heavy atom. The highest BCUT2D eigenvalue weighted by Crippen LogP contribution is 2.27. The Hall–Kier alpha value is -2.28. The molecule has 6 nitrogen and oxygen atoms in total. The minimum atomic E-state index is -0.625. The van der Waals surface area contributed by atoms with Crippen molar-refractivity contribution in [1.29, 1.82) is 0 Å². The lowest BCUT2D eigenvalue weighted by molar-refractivity contribution is -0.384. The van der Waals surface area contributed by atoms with Gasteiger partial charge in [0.25, 0.3) is 5.69 Å². The molecule has 1 heterocycles. The molecule has 0 saturated heterocycles. The van der Waals surface area contributed by atoms with Crippen molar-refractivity contribution in [2.24, 2.45) is 0 Å². The summed E-state index contributed by atoms with van der Waals surface area (Å²) >= 11 is 5.62. The van der Waals surface area contributed by atoms with E-state index in [2.05, 4.69) is 15.3 Å². The van der Waals surface area contributed by atoms with Gasteiger partial charge in [-0.25, -0.2) is 9.37 Å². The standard InChI is InChI=1S/C10H6ClFN4O2/c11-9-4-13-5-10(15-9)14-7-3-6(12)1-2-8(7)16(17)18/h1-5H,(H,14,15). The van der Waals surface area contributed by atoms with Crippen molar-refractivity contribution in [3.05, 3.63) is 51.7 Å². The fourth-order valence-electron chi connectivity index (χ4n) is 1.31. The van der Waals surface area contributed by atoms with E-state index in [1.165, 1.54) is 12.4 Å². The van der Waals surface area contributed by atoms with Crippen LogP contribution in [0, 0.1) is 15.9 Å². The van der Waals surface area contributed by atoms with Gasteiger partial charge < -0.3 is 5.32 Å². The van der Waals surface area contributed by atoms with Gasteiger partial charge in [-0.1, -0.05) is 11.6 Å². The first kappa shape index (κ1) is 12.2. The van der Waals surface area contributed by atoms with Crippen LogP contribution in [0.5, 0.6) is 0 Å². The third-order valence-corrected chi connectivity index (χ3v) is 2.21. The van der Waals surface area contributed by atoms with E-state index in [0.717, 1.165) is 18.2 Å². The number of hydrogen-bond donors (Lipinski definition) is 1. The van der Waals surface area contributed by atoms with Crippen molar-refractivity contribution < 1.29 is 9.31 Å². The molecule has 1 aromatic carbocycles. The smallest absolute Gasteiger partial charge is 0.292 e. The summed E-state index contributed by atoms with van der Waals surface area (Å²) in [7, 11) is 0. The maximum atomic E-state index is 13.1. The van der Waals surface area contributed by atoms with Crippen LogP contribution in [-0.2, 0) is 0 Å². The molecule has 0 saturated carbocycles. The molecule has 1 N–H and O–H groups in total. The Labute approximate surface area is 106 Å². The summed E-state index contributed by atoms with van der Waals surface area (Å²) in [6.07, 6.45) is 2.63. The average Bonchev–Trinajstić information content (AvgIpc) is 2.28. The summed E-state index contributed by atoms with van der Waals surface area (Å²) in [5, 5.41) is 13.5. The van der Waals surface area contributed by atoms with Crippen LogP contribution in [0.3, 0.4) is 0 Å². The lowest BCUT2D eigenvalue weighted by Crippen LogP contribution is -1.99. The van der Waals surface area contributed by atoms with Gasteiger partial charge in [-0.2, -0.15) is 0 Å². The summed E-state index contributed by atoms with van der Waals surface area (Å²) in [5.74, 6) is -0.408. The normalized spacial score (nSPS) is 10.1. The number of halogens is 2. The topological polar surface area (TPSA) is 81.0 Å². The number of nitro benzene ring substituents is 1. The molecule has 0 unspecified atom stereocenters. The molecule has 2 rings (SSSR count). The second-order valence-corrected chi connectivity index (χ2v) is 3.66. The second-order valence-electron chi connectivity index (χ2n) is 3.27. The first-order chi connectivity index (χ1) is 8.56. The van der Waals surface area contributed by atoms with Crippen molar-refractivity contribution in [2.45, 2.75) is 0 Å². The lowest BCUT2D eigenvalue weighted by atomic mass is 10.2. The molecule has 8 heteroatoms. The Kier molecular flexibility index (Phi) is 3.33. The quantitative estimate of drug-likeness (QED) is 0.684. The number of benzene rings is 1. The Morgan fingerprint density at radius 1 is 1.39 bits per heavy atom. The number of rotatable bonds is 3. The Balaban J connectivity index is 2.39. The van der Waals surface area contributed by atoms with E-state index in [0.29, 0.717) is 0 Å². The van der Waals surface area contributed by atoms with Gasteiger partial charge >= 0.3 is 0 Å². The van der Waals surface area contributed by atoms with Gasteiger partial charge in [-0.3, -0.25) is 15.1 Å². The fraction of sp³-hybridized carbons (Fsp3) is 0. The number of nitro groups is 1. The molecule has 0 atom stereocenters. The molecule has 0 aliphatic carbocycles. The first-order valence-corrected chi connectivity index (χ1v) is 5.12. The van der Waals surface area contributed by atoms with E-state index in [4.69, 9.17) is 11.6 Å². The molecule has 0 fully saturated rings. The zero-order valence-electron chi connectivity index (χ0n) is 8.80. The van der Waals surface area contributed by atoms with Crippen LogP contribution in [0.2, 0.25) is 5.15 Å². The van der Waals surface area contributed by atoms with Crippen molar-refractivity contribution in [3.8, 4) is 0 Å². The average molecular weight is 269 g/mol. The molecule has 1 aromatic heterocycles. The molecule has 2 aromatic rings. The highest BCUT2D eigenvalue weighted by molar-refractivity contribution is 6.29. The predicted molar refractivity (Wildman–Crippen MR) is 63.4 cm³/mol. The molecule has 0 amide bonds. The number of anilines is 2. The van der Waals surface area contributed by atoms with Crippen molar-refractivity contribution >= 4 is 28.8 Å². The van der Waals surface area contributed by atoms with Crippen LogP contribution in [-0.4, -0.2) is 14.9 Å². The van der Waals surface area contributed by atoms with Crippen LogP contribution in [0.15, 0.2) is 30.6 Å². The molecule has 18 heavy (non-hydrogen) atoms. The minimum absolute atomic E-state index is 0.0171. The van der Waals surface area contributed by atoms with E-state index >= 15 is 0 Å². The van der Waals surface area contributed by atoms with E-state index in [1.807, 2.05) is 0 Å². The SMILES string of the molecule is O=[N+]([O-])c1ccc(F)cc1Nc1cncc(Cl)n1. The van der Waals surface area contributed by atoms with Gasteiger partial charge in [0.2, 0.25) is 0 Å². The van der Waals surface area contributed by atoms with E-state index in [1.54, 1.807) is 0 Å². The largest absolute Gasteiger partial charge is 0.333 e. The molecule has 0 aliphatic heterocycles.